The van der Waals surface area contributed by atoms with Gasteiger partial charge < -0.3 is 0 Å². The first-order chi connectivity index (χ1) is 13.8. The fourth-order valence-corrected chi connectivity index (χ4v) is 6.84. The minimum Gasteiger partial charge on any atom is -0.280 e. The molecule has 1 aliphatic heterocycles. The maximum Gasteiger partial charge on any atom is 0.264 e. The summed E-state index contributed by atoms with van der Waals surface area (Å²) >= 11 is 0.944. The summed E-state index contributed by atoms with van der Waals surface area (Å²) in [6.07, 6.45) is 1.86. The zero-order chi connectivity index (χ0) is 20.6. The van der Waals surface area contributed by atoms with Crippen LogP contribution in [-0.4, -0.2) is 43.0 Å². The van der Waals surface area contributed by atoms with Crippen LogP contribution in [0.1, 0.15) is 19.8 Å². The molecule has 0 radical (unpaired) electrons. The van der Waals surface area contributed by atoms with Crippen molar-refractivity contribution in [3.63, 3.8) is 0 Å². The first kappa shape index (κ1) is 20.2. The van der Waals surface area contributed by atoms with Gasteiger partial charge in [0.05, 0.1) is 16.6 Å². The molecule has 1 aromatic heterocycles. The predicted molar refractivity (Wildman–Crippen MR) is 112 cm³/mol. The number of aromatic nitrogens is 2. The summed E-state index contributed by atoms with van der Waals surface area (Å²) in [6.45, 7) is 3.05. The third-order valence-corrected chi connectivity index (χ3v) is 8.74. The lowest BCUT2D eigenvalue weighted by Crippen LogP contribution is -2.39. The molecule has 0 saturated carbocycles. The van der Waals surface area contributed by atoms with Crippen molar-refractivity contribution in [2.75, 3.05) is 17.8 Å². The van der Waals surface area contributed by atoms with E-state index in [1.807, 2.05) is 6.92 Å². The molecule has 0 bridgehead atoms. The van der Waals surface area contributed by atoms with E-state index in [4.69, 9.17) is 0 Å². The SMILES string of the molecule is CC1CCCN(S(=O)(=O)c2ccc(NS(=O)(=O)c3cccc4nsnc34)cc2)C1. The van der Waals surface area contributed by atoms with Crippen LogP contribution in [0.4, 0.5) is 5.69 Å². The standard InChI is InChI=1S/C18H20N4O4S3/c1-13-4-3-11-22(12-13)29(25,26)15-9-7-14(8-10-15)21-28(23,24)17-6-2-5-16-18(17)20-27-19-16/h2,5-10,13,21H,3-4,11-12H2,1H3. The number of anilines is 1. The Hall–Kier alpha value is -2.08. The van der Waals surface area contributed by atoms with Crippen LogP contribution in [-0.2, 0) is 20.0 Å². The maximum absolute atomic E-state index is 12.8. The van der Waals surface area contributed by atoms with E-state index in [2.05, 4.69) is 13.5 Å². The summed E-state index contributed by atoms with van der Waals surface area (Å²) in [5.41, 5.74) is 1.09. The summed E-state index contributed by atoms with van der Waals surface area (Å²) in [5.74, 6) is 0.326. The summed E-state index contributed by atoms with van der Waals surface area (Å²) in [5, 5.41) is 0. The van der Waals surface area contributed by atoms with Crippen LogP contribution in [0.2, 0.25) is 0 Å². The van der Waals surface area contributed by atoms with E-state index in [1.165, 1.54) is 34.6 Å². The summed E-state index contributed by atoms with van der Waals surface area (Å²) in [4.78, 5) is 0.183. The van der Waals surface area contributed by atoms with E-state index in [1.54, 1.807) is 12.1 Å². The average Bonchev–Trinajstić information content (AvgIpc) is 3.17. The summed E-state index contributed by atoms with van der Waals surface area (Å²) in [6, 6.07) is 10.5. The average molecular weight is 453 g/mol. The second-order valence-corrected chi connectivity index (χ2v) is 11.2. The Morgan fingerprint density at radius 3 is 2.55 bits per heavy atom. The molecule has 29 heavy (non-hydrogen) atoms. The van der Waals surface area contributed by atoms with E-state index < -0.39 is 20.0 Å². The van der Waals surface area contributed by atoms with Crippen molar-refractivity contribution >= 4 is 48.5 Å². The molecule has 154 valence electrons. The number of piperidine rings is 1. The predicted octanol–water partition coefficient (Wildman–Crippen LogP) is 2.91. The van der Waals surface area contributed by atoms with Crippen molar-refractivity contribution in [3.05, 3.63) is 42.5 Å². The normalized spacial score (nSPS) is 18.7. The zero-order valence-electron chi connectivity index (χ0n) is 15.6. The van der Waals surface area contributed by atoms with Gasteiger partial charge in [0.15, 0.2) is 0 Å². The molecule has 2 aromatic carbocycles. The summed E-state index contributed by atoms with van der Waals surface area (Å²) in [7, 11) is -7.48. The molecular weight excluding hydrogens is 432 g/mol. The zero-order valence-corrected chi connectivity index (χ0v) is 18.1. The lowest BCUT2D eigenvalue weighted by Gasteiger charge is -2.30. The van der Waals surface area contributed by atoms with Crippen molar-refractivity contribution in [1.29, 1.82) is 0 Å². The molecule has 8 nitrogen and oxygen atoms in total. The lowest BCUT2D eigenvalue weighted by molar-refractivity contribution is 0.281. The molecule has 2 heterocycles. The molecule has 1 atom stereocenters. The van der Waals surface area contributed by atoms with Crippen LogP contribution in [0.3, 0.4) is 0 Å². The lowest BCUT2D eigenvalue weighted by atomic mass is 10.0. The minimum absolute atomic E-state index is 0.0303. The van der Waals surface area contributed by atoms with Crippen molar-refractivity contribution in [1.82, 2.24) is 13.1 Å². The van der Waals surface area contributed by atoms with Crippen LogP contribution in [0.15, 0.2) is 52.3 Å². The topological polar surface area (TPSA) is 109 Å². The second kappa shape index (κ2) is 7.63. The Bertz CT molecular complexity index is 1240. The Morgan fingerprint density at radius 2 is 1.83 bits per heavy atom. The van der Waals surface area contributed by atoms with Crippen LogP contribution in [0, 0.1) is 5.92 Å². The van der Waals surface area contributed by atoms with Gasteiger partial charge in [-0.25, -0.2) is 16.8 Å². The Morgan fingerprint density at radius 1 is 1.07 bits per heavy atom. The number of nitrogens with zero attached hydrogens (tertiary/aromatic N) is 3. The van der Waals surface area contributed by atoms with Gasteiger partial charge in [0.25, 0.3) is 10.0 Å². The number of hydrogen-bond acceptors (Lipinski definition) is 7. The molecule has 11 heteroatoms. The van der Waals surface area contributed by atoms with Crippen LogP contribution in [0.5, 0.6) is 0 Å². The molecule has 0 aliphatic carbocycles. The molecule has 1 unspecified atom stereocenters. The number of nitrogens with one attached hydrogen (secondary N) is 1. The molecule has 0 spiro atoms. The highest BCUT2D eigenvalue weighted by atomic mass is 32.2. The highest BCUT2D eigenvalue weighted by Gasteiger charge is 2.28. The van der Waals surface area contributed by atoms with Gasteiger partial charge in [-0.15, -0.1) is 0 Å². The molecule has 4 rings (SSSR count). The fraction of sp³-hybridized carbons (Fsp3) is 0.333. The number of sulfonamides is 2. The number of rotatable bonds is 5. The van der Waals surface area contributed by atoms with Gasteiger partial charge in [-0.1, -0.05) is 13.0 Å². The van der Waals surface area contributed by atoms with Crippen molar-refractivity contribution in [2.45, 2.75) is 29.6 Å². The molecule has 1 N–H and O–H groups in total. The molecule has 3 aromatic rings. The third kappa shape index (κ3) is 4.00. The van der Waals surface area contributed by atoms with E-state index >= 15 is 0 Å². The largest absolute Gasteiger partial charge is 0.280 e. The first-order valence-corrected chi connectivity index (χ1v) is 12.8. The van der Waals surface area contributed by atoms with E-state index in [0.29, 0.717) is 30.0 Å². The first-order valence-electron chi connectivity index (χ1n) is 9.12. The smallest absolute Gasteiger partial charge is 0.264 e. The maximum atomic E-state index is 12.8. The Labute approximate surface area is 174 Å². The van der Waals surface area contributed by atoms with Crippen molar-refractivity contribution in [2.24, 2.45) is 5.92 Å². The number of benzene rings is 2. The van der Waals surface area contributed by atoms with Crippen molar-refractivity contribution < 1.29 is 16.8 Å². The number of fused-ring (bicyclic) bond motifs is 1. The van der Waals surface area contributed by atoms with Crippen LogP contribution in [0.25, 0.3) is 11.0 Å². The van der Waals surface area contributed by atoms with E-state index in [-0.39, 0.29) is 15.5 Å². The third-order valence-electron chi connectivity index (χ3n) is 4.90. The Kier molecular flexibility index (Phi) is 5.32. The van der Waals surface area contributed by atoms with Gasteiger partial charge in [0, 0.05) is 18.8 Å². The van der Waals surface area contributed by atoms with Gasteiger partial charge in [-0.05, 0) is 55.2 Å². The van der Waals surface area contributed by atoms with Gasteiger partial charge in [-0.2, -0.15) is 13.1 Å². The van der Waals surface area contributed by atoms with Gasteiger partial charge in [0.1, 0.15) is 15.9 Å². The Balaban J connectivity index is 1.57. The van der Waals surface area contributed by atoms with Gasteiger partial charge in [-0.3, -0.25) is 4.72 Å². The molecule has 0 amide bonds. The second-order valence-electron chi connectivity index (χ2n) is 7.13. The molecular formula is C18H20N4O4S3. The molecule has 1 aliphatic rings. The molecule has 1 fully saturated rings. The van der Waals surface area contributed by atoms with Gasteiger partial charge >= 0.3 is 0 Å². The van der Waals surface area contributed by atoms with Crippen molar-refractivity contribution in [3.8, 4) is 0 Å². The van der Waals surface area contributed by atoms with E-state index in [0.717, 1.165) is 24.6 Å². The fourth-order valence-electron chi connectivity index (χ4n) is 3.42. The summed E-state index contributed by atoms with van der Waals surface area (Å²) < 4.78 is 63.3. The van der Waals surface area contributed by atoms with Crippen LogP contribution < -0.4 is 4.72 Å². The highest BCUT2D eigenvalue weighted by Crippen LogP contribution is 2.26. The quantitative estimate of drug-likeness (QED) is 0.637. The monoisotopic (exact) mass is 452 g/mol. The molecule has 1 saturated heterocycles. The van der Waals surface area contributed by atoms with E-state index in [9.17, 15) is 16.8 Å². The highest BCUT2D eigenvalue weighted by molar-refractivity contribution is 7.93. The number of hydrogen-bond donors (Lipinski definition) is 1. The minimum atomic E-state index is -3.89. The van der Waals surface area contributed by atoms with Gasteiger partial charge in [0.2, 0.25) is 10.0 Å². The van der Waals surface area contributed by atoms with Crippen LogP contribution >= 0.6 is 11.7 Å².